The monoisotopic (exact) mass is 341 g/mol. The van der Waals surface area contributed by atoms with Crippen LogP contribution in [-0.4, -0.2) is 53.3 Å². The van der Waals surface area contributed by atoms with Gasteiger partial charge in [0.15, 0.2) is 0 Å². The lowest BCUT2D eigenvalue weighted by molar-refractivity contribution is -0.135. The lowest BCUT2D eigenvalue weighted by Crippen LogP contribution is -2.48. The molecule has 0 saturated carbocycles. The summed E-state index contributed by atoms with van der Waals surface area (Å²) >= 11 is 0. The summed E-state index contributed by atoms with van der Waals surface area (Å²) in [6.45, 7) is 5.26. The number of hydrogen-bond acceptors (Lipinski definition) is 3. The zero-order valence-electron chi connectivity index (χ0n) is 14.9. The summed E-state index contributed by atoms with van der Waals surface area (Å²) in [4.78, 5) is 30.0. The van der Waals surface area contributed by atoms with Crippen molar-refractivity contribution < 1.29 is 9.59 Å². The number of rotatable bonds is 4. The molecule has 25 heavy (non-hydrogen) atoms. The van der Waals surface area contributed by atoms with Crippen molar-refractivity contribution in [2.75, 3.05) is 25.0 Å². The molecule has 4 rings (SSSR count). The van der Waals surface area contributed by atoms with E-state index in [0.29, 0.717) is 12.1 Å². The molecule has 5 heteroatoms. The molecule has 3 aliphatic rings. The zero-order valence-corrected chi connectivity index (χ0v) is 14.9. The van der Waals surface area contributed by atoms with Gasteiger partial charge in [-0.05, 0) is 50.4 Å². The summed E-state index contributed by atoms with van der Waals surface area (Å²) < 4.78 is 0. The topological polar surface area (TPSA) is 52.7 Å². The Kier molecular flexibility index (Phi) is 4.50. The van der Waals surface area contributed by atoms with Crippen molar-refractivity contribution >= 4 is 17.5 Å². The van der Waals surface area contributed by atoms with Crippen LogP contribution < -0.4 is 5.32 Å². The van der Waals surface area contributed by atoms with Crippen LogP contribution in [0.1, 0.15) is 50.5 Å². The number of fused-ring (bicyclic) bond motifs is 1. The minimum atomic E-state index is -0.337. The molecule has 0 radical (unpaired) electrons. The molecule has 2 amide bonds. The van der Waals surface area contributed by atoms with Crippen LogP contribution >= 0.6 is 0 Å². The Morgan fingerprint density at radius 1 is 1.16 bits per heavy atom. The first kappa shape index (κ1) is 16.6. The summed E-state index contributed by atoms with van der Waals surface area (Å²) in [5.41, 5.74) is 1.82. The van der Waals surface area contributed by atoms with Gasteiger partial charge in [-0.2, -0.15) is 0 Å². The predicted octanol–water partition coefficient (Wildman–Crippen LogP) is 2.59. The van der Waals surface area contributed by atoms with Gasteiger partial charge in [0.25, 0.3) is 0 Å². The van der Waals surface area contributed by atoms with E-state index in [1.807, 2.05) is 24.3 Å². The van der Waals surface area contributed by atoms with Crippen molar-refractivity contribution in [1.29, 1.82) is 0 Å². The van der Waals surface area contributed by atoms with Crippen molar-refractivity contribution in [2.24, 2.45) is 0 Å². The number of para-hydroxylation sites is 1. The molecule has 3 atom stereocenters. The molecule has 134 valence electrons. The highest BCUT2D eigenvalue weighted by atomic mass is 16.2. The van der Waals surface area contributed by atoms with Crippen molar-refractivity contribution in [2.45, 2.75) is 57.0 Å². The number of hydrogen-bond donors (Lipinski definition) is 1. The minimum Gasteiger partial charge on any atom is -0.338 e. The first-order valence-corrected chi connectivity index (χ1v) is 9.62. The Morgan fingerprint density at radius 3 is 2.76 bits per heavy atom. The quantitative estimate of drug-likeness (QED) is 0.916. The van der Waals surface area contributed by atoms with E-state index in [9.17, 15) is 9.59 Å². The number of nitrogens with one attached hydrogen (secondary N) is 1. The first-order chi connectivity index (χ1) is 12.2. The molecule has 0 spiro atoms. The summed E-state index contributed by atoms with van der Waals surface area (Å²) in [7, 11) is 0. The second-order valence-corrected chi connectivity index (χ2v) is 7.47. The van der Waals surface area contributed by atoms with E-state index in [4.69, 9.17) is 0 Å². The normalized spacial score (nSPS) is 29.1. The number of likely N-dealkylation sites (tertiary alicyclic amines) is 2. The van der Waals surface area contributed by atoms with Crippen molar-refractivity contribution in [3.8, 4) is 0 Å². The van der Waals surface area contributed by atoms with Gasteiger partial charge in [-0.3, -0.25) is 14.5 Å². The van der Waals surface area contributed by atoms with Gasteiger partial charge in [0.2, 0.25) is 11.8 Å². The standard InChI is InChI=1S/C20H27N3O2/c1-2-22-11-5-9-17(22)18-10-6-12-23(18)19(24)13-15-14-7-3-4-8-16(14)21-20(15)25/h3-4,7-8,15,17-18H,2,5-6,9-13H2,1H3,(H,21,25)/t15-,17-,18+/m1/s1. The SMILES string of the molecule is CCN1CCC[C@@H]1[C@@H]1CCCN1C(=O)C[C@H]1C(=O)Nc2ccccc21. The van der Waals surface area contributed by atoms with Gasteiger partial charge in [-0.15, -0.1) is 0 Å². The summed E-state index contributed by atoms with van der Waals surface area (Å²) in [6.07, 6.45) is 4.89. The van der Waals surface area contributed by atoms with Crippen LogP contribution in [0.2, 0.25) is 0 Å². The van der Waals surface area contributed by atoms with Crippen LogP contribution in [0, 0.1) is 0 Å². The molecule has 5 nitrogen and oxygen atoms in total. The van der Waals surface area contributed by atoms with Gasteiger partial charge in [-0.1, -0.05) is 25.1 Å². The molecule has 2 fully saturated rings. The summed E-state index contributed by atoms with van der Waals surface area (Å²) in [6, 6.07) is 8.55. The van der Waals surface area contributed by atoms with E-state index in [1.165, 1.54) is 12.8 Å². The van der Waals surface area contributed by atoms with Gasteiger partial charge in [-0.25, -0.2) is 0 Å². The van der Waals surface area contributed by atoms with E-state index >= 15 is 0 Å². The molecule has 0 bridgehead atoms. The fraction of sp³-hybridized carbons (Fsp3) is 0.600. The van der Waals surface area contributed by atoms with Crippen LogP contribution in [-0.2, 0) is 9.59 Å². The molecular weight excluding hydrogens is 314 g/mol. The summed E-state index contributed by atoms with van der Waals surface area (Å²) in [5, 5.41) is 2.91. The molecule has 0 aromatic heterocycles. The van der Waals surface area contributed by atoms with Gasteiger partial charge in [0, 0.05) is 30.7 Å². The maximum Gasteiger partial charge on any atom is 0.232 e. The van der Waals surface area contributed by atoms with E-state index in [0.717, 1.165) is 43.7 Å². The zero-order chi connectivity index (χ0) is 17.4. The molecule has 1 N–H and O–H groups in total. The average Bonchev–Trinajstić information content (AvgIpc) is 3.33. The number of benzene rings is 1. The number of carbonyl (C=O) groups is 2. The lowest BCUT2D eigenvalue weighted by Gasteiger charge is -2.35. The number of carbonyl (C=O) groups excluding carboxylic acids is 2. The minimum absolute atomic E-state index is 0.0404. The Morgan fingerprint density at radius 2 is 1.92 bits per heavy atom. The molecule has 2 saturated heterocycles. The average molecular weight is 341 g/mol. The van der Waals surface area contributed by atoms with Crippen molar-refractivity contribution in [3.05, 3.63) is 29.8 Å². The Balaban J connectivity index is 1.48. The molecule has 0 aliphatic carbocycles. The van der Waals surface area contributed by atoms with Crippen molar-refractivity contribution in [3.63, 3.8) is 0 Å². The second-order valence-electron chi connectivity index (χ2n) is 7.47. The largest absolute Gasteiger partial charge is 0.338 e. The molecule has 3 heterocycles. The number of amides is 2. The van der Waals surface area contributed by atoms with Crippen LogP contribution in [0.5, 0.6) is 0 Å². The number of anilines is 1. The van der Waals surface area contributed by atoms with Gasteiger partial charge >= 0.3 is 0 Å². The fourth-order valence-electron chi connectivity index (χ4n) is 4.95. The van der Waals surface area contributed by atoms with Gasteiger partial charge < -0.3 is 10.2 Å². The Hall–Kier alpha value is -1.88. The highest BCUT2D eigenvalue weighted by molar-refractivity contribution is 6.04. The maximum absolute atomic E-state index is 13.0. The molecular formula is C20H27N3O2. The first-order valence-electron chi connectivity index (χ1n) is 9.62. The van der Waals surface area contributed by atoms with Crippen molar-refractivity contribution in [1.82, 2.24) is 9.80 Å². The maximum atomic E-state index is 13.0. The molecule has 1 aromatic rings. The van der Waals surface area contributed by atoms with Gasteiger partial charge in [0.1, 0.15) is 0 Å². The number of nitrogens with zero attached hydrogens (tertiary/aromatic N) is 2. The fourth-order valence-corrected chi connectivity index (χ4v) is 4.95. The molecule has 1 aromatic carbocycles. The second kappa shape index (κ2) is 6.79. The highest BCUT2D eigenvalue weighted by Crippen LogP contribution is 2.36. The molecule has 3 aliphatic heterocycles. The molecule has 0 unspecified atom stereocenters. The highest BCUT2D eigenvalue weighted by Gasteiger charge is 2.41. The van der Waals surface area contributed by atoms with E-state index < -0.39 is 0 Å². The van der Waals surface area contributed by atoms with Crippen LogP contribution in [0.3, 0.4) is 0 Å². The van der Waals surface area contributed by atoms with Crippen LogP contribution in [0.15, 0.2) is 24.3 Å². The third kappa shape index (κ3) is 2.95. The van der Waals surface area contributed by atoms with E-state index in [2.05, 4.69) is 22.0 Å². The van der Waals surface area contributed by atoms with E-state index in [1.54, 1.807) is 0 Å². The third-order valence-corrected chi connectivity index (χ3v) is 6.17. The van der Waals surface area contributed by atoms with Crippen LogP contribution in [0.4, 0.5) is 5.69 Å². The van der Waals surface area contributed by atoms with Gasteiger partial charge in [0.05, 0.1) is 5.92 Å². The predicted molar refractivity (Wildman–Crippen MR) is 97.4 cm³/mol. The Bertz CT molecular complexity index is 675. The number of likely N-dealkylation sites (N-methyl/N-ethyl adjacent to an activating group) is 1. The third-order valence-electron chi connectivity index (χ3n) is 6.17. The van der Waals surface area contributed by atoms with E-state index in [-0.39, 0.29) is 24.2 Å². The van der Waals surface area contributed by atoms with Crippen LogP contribution in [0.25, 0.3) is 0 Å². The smallest absolute Gasteiger partial charge is 0.232 e. The Labute approximate surface area is 149 Å². The lowest BCUT2D eigenvalue weighted by atomic mass is 9.96. The summed E-state index contributed by atoms with van der Waals surface area (Å²) in [5.74, 6) is -0.237.